The van der Waals surface area contributed by atoms with Gasteiger partial charge in [0.1, 0.15) is 0 Å². The summed E-state index contributed by atoms with van der Waals surface area (Å²) in [7, 11) is 0. The summed E-state index contributed by atoms with van der Waals surface area (Å²) >= 11 is 6.39. The fourth-order valence-corrected chi connectivity index (χ4v) is 6.63. The molecule has 0 spiro atoms. The van der Waals surface area contributed by atoms with Gasteiger partial charge < -0.3 is 20.6 Å². The van der Waals surface area contributed by atoms with Gasteiger partial charge >= 0.3 is 0 Å². The van der Waals surface area contributed by atoms with Crippen LogP contribution in [-0.4, -0.2) is 47.2 Å². The van der Waals surface area contributed by atoms with Crippen molar-refractivity contribution in [1.29, 1.82) is 0 Å². The molecule has 0 aliphatic carbocycles. The summed E-state index contributed by atoms with van der Waals surface area (Å²) in [6, 6.07) is 23.6. The van der Waals surface area contributed by atoms with Crippen molar-refractivity contribution in [3.8, 4) is 0 Å². The number of aliphatic hydroxyl groups is 1. The zero-order valence-electron chi connectivity index (χ0n) is 27.8. The topological polar surface area (TPSA) is 52.7 Å². The van der Waals surface area contributed by atoms with E-state index in [1.54, 1.807) is 0 Å². The number of rotatable bonds is 17. The van der Waals surface area contributed by atoms with Gasteiger partial charge in [-0.15, -0.1) is 0 Å². The summed E-state index contributed by atoms with van der Waals surface area (Å²) in [6.45, 7) is 14.9. The molecule has 3 aromatic carbocycles. The summed E-state index contributed by atoms with van der Waals surface area (Å²) in [5.74, 6) is 0. The first-order valence-corrected chi connectivity index (χ1v) is 17.4. The number of hydrogen-bond donors (Lipinski definition) is 2. The zero-order valence-corrected chi connectivity index (χ0v) is 28.5. The molecule has 1 aliphatic rings. The van der Waals surface area contributed by atoms with Gasteiger partial charge in [0.05, 0.1) is 12.1 Å². The van der Waals surface area contributed by atoms with Crippen LogP contribution < -0.4 is 5.73 Å². The van der Waals surface area contributed by atoms with E-state index in [2.05, 4.69) is 91.8 Å². The van der Waals surface area contributed by atoms with Crippen LogP contribution in [-0.2, 0) is 12.8 Å². The predicted molar refractivity (Wildman–Crippen MR) is 194 cm³/mol. The molecule has 5 heteroatoms. The second-order valence-electron chi connectivity index (χ2n) is 12.8. The molecular weight excluding hydrogens is 574 g/mol. The second-order valence-corrected chi connectivity index (χ2v) is 13.3. The molecule has 0 saturated carbocycles. The number of allylic oxidation sites excluding steroid dienone is 1. The maximum absolute atomic E-state index is 10.8. The first kappa shape index (κ1) is 34.8. The van der Waals surface area contributed by atoms with Crippen LogP contribution >= 0.6 is 11.6 Å². The van der Waals surface area contributed by atoms with Crippen LogP contribution in [0.25, 0.3) is 5.57 Å². The largest absolute Gasteiger partial charge is 0.398 e. The maximum Gasteiger partial charge on any atom is 0.0729 e. The molecule has 0 bridgehead atoms. The smallest absolute Gasteiger partial charge is 0.0729 e. The minimum absolute atomic E-state index is 0.0539. The summed E-state index contributed by atoms with van der Waals surface area (Å²) in [4.78, 5) is 4.88. The highest BCUT2D eigenvalue weighted by atomic mass is 35.5. The Balaban J connectivity index is 1.45. The molecule has 0 radical (unpaired) electrons. The van der Waals surface area contributed by atoms with E-state index in [9.17, 15) is 5.11 Å². The van der Waals surface area contributed by atoms with Crippen molar-refractivity contribution in [3.05, 3.63) is 118 Å². The number of nitrogens with zero attached hydrogens (tertiary/aromatic N) is 2. The Morgan fingerprint density at radius 3 is 2.42 bits per heavy atom. The van der Waals surface area contributed by atoms with Gasteiger partial charge in [-0.25, -0.2) is 0 Å². The Morgan fingerprint density at radius 1 is 0.978 bits per heavy atom. The van der Waals surface area contributed by atoms with E-state index < -0.39 is 0 Å². The minimum atomic E-state index is -0.268. The summed E-state index contributed by atoms with van der Waals surface area (Å²) < 4.78 is 0. The van der Waals surface area contributed by atoms with Crippen LogP contribution in [0.2, 0.25) is 5.02 Å². The number of aryl methyl sites for hydroxylation is 2. The molecule has 2 atom stereocenters. The lowest BCUT2D eigenvalue weighted by Gasteiger charge is -2.38. The van der Waals surface area contributed by atoms with Crippen molar-refractivity contribution in [2.75, 3.05) is 31.9 Å². The Bertz CT molecular complexity index is 1380. The van der Waals surface area contributed by atoms with Crippen LogP contribution in [0.4, 0.5) is 5.69 Å². The predicted octanol–water partition coefficient (Wildman–Crippen LogP) is 9.40. The van der Waals surface area contributed by atoms with Crippen LogP contribution in [0.1, 0.15) is 92.7 Å². The van der Waals surface area contributed by atoms with Crippen LogP contribution in [0.15, 0.2) is 85.1 Å². The first-order chi connectivity index (χ1) is 21.8. The first-order valence-electron chi connectivity index (χ1n) is 17.0. The normalized spacial score (nSPS) is 15.7. The van der Waals surface area contributed by atoms with Crippen molar-refractivity contribution in [2.24, 2.45) is 0 Å². The molecule has 0 amide bonds. The number of hydrogen-bond acceptors (Lipinski definition) is 4. The van der Waals surface area contributed by atoms with E-state index in [-0.39, 0.29) is 12.1 Å². The summed E-state index contributed by atoms with van der Waals surface area (Å²) in [5.41, 5.74) is 15.6. The van der Waals surface area contributed by atoms with Gasteiger partial charge in [0.15, 0.2) is 0 Å². The lowest BCUT2D eigenvalue weighted by atomic mass is 9.90. The Labute approximate surface area is 277 Å². The highest BCUT2D eigenvalue weighted by Crippen LogP contribution is 2.38. The van der Waals surface area contributed by atoms with Gasteiger partial charge in [-0.2, -0.15) is 0 Å². The van der Waals surface area contributed by atoms with Gasteiger partial charge in [-0.3, -0.25) is 0 Å². The number of benzene rings is 3. The average Bonchev–Trinajstić information content (AvgIpc) is 3.03. The van der Waals surface area contributed by atoms with Crippen LogP contribution in [0, 0.1) is 6.92 Å². The van der Waals surface area contributed by atoms with Gasteiger partial charge in [0.25, 0.3) is 0 Å². The molecule has 2 unspecified atom stereocenters. The van der Waals surface area contributed by atoms with Crippen molar-refractivity contribution in [3.63, 3.8) is 0 Å². The number of nitrogen functional groups attached to an aromatic ring is 1. The van der Waals surface area contributed by atoms with Crippen molar-refractivity contribution in [2.45, 2.75) is 90.7 Å². The molecule has 45 heavy (non-hydrogen) atoms. The zero-order chi connectivity index (χ0) is 32.2. The molecule has 1 heterocycles. The van der Waals surface area contributed by atoms with E-state index in [0.29, 0.717) is 5.02 Å². The SMILES string of the molecule is C=C(Cc1ccc(C)cc1)N1CCC(c2cc(Cl)ccc2N)=CC1c1ccc(CCCC(O)CN(CCC)CCCCC)cc1. The minimum Gasteiger partial charge on any atom is -0.398 e. The number of aliphatic hydroxyl groups excluding tert-OH is 1. The molecule has 242 valence electrons. The third kappa shape index (κ3) is 10.5. The van der Waals surface area contributed by atoms with Gasteiger partial charge in [0, 0.05) is 41.5 Å². The summed E-state index contributed by atoms with van der Waals surface area (Å²) in [6.07, 6.45) is 11.4. The van der Waals surface area contributed by atoms with Crippen molar-refractivity contribution in [1.82, 2.24) is 9.80 Å². The van der Waals surface area contributed by atoms with E-state index in [0.717, 1.165) is 81.7 Å². The van der Waals surface area contributed by atoms with Crippen molar-refractivity contribution >= 4 is 22.9 Å². The van der Waals surface area contributed by atoms with E-state index >= 15 is 0 Å². The van der Waals surface area contributed by atoms with E-state index in [1.165, 1.54) is 47.1 Å². The number of anilines is 1. The van der Waals surface area contributed by atoms with Gasteiger partial charge in [0.2, 0.25) is 0 Å². The monoisotopic (exact) mass is 627 g/mol. The molecule has 4 rings (SSSR count). The Kier molecular flexibility index (Phi) is 13.6. The van der Waals surface area contributed by atoms with Crippen LogP contribution in [0.3, 0.4) is 0 Å². The van der Waals surface area contributed by atoms with E-state index in [4.69, 9.17) is 17.3 Å². The molecule has 3 N–H and O–H groups in total. The van der Waals surface area contributed by atoms with Crippen molar-refractivity contribution < 1.29 is 5.11 Å². The third-order valence-corrected chi connectivity index (χ3v) is 9.26. The Hall–Kier alpha value is -3.05. The average molecular weight is 628 g/mol. The molecule has 1 aliphatic heterocycles. The maximum atomic E-state index is 10.8. The molecule has 3 aromatic rings. The van der Waals surface area contributed by atoms with Gasteiger partial charge in [-0.05, 0) is 99.0 Å². The molecule has 0 saturated heterocycles. The quantitative estimate of drug-likeness (QED) is 0.116. The molecule has 4 nitrogen and oxygen atoms in total. The number of unbranched alkanes of at least 4 members (excludes halogenated alkanes) is 2. The number of nitrogens with two attached hydrogens (primary N) is 1. The summed E-state index contributed by atoms with van der Waals surface area (Å²) in [5, 5.41) is 11.5. The van der Waals surface area contributed by atoms with Gasteiger partial charge in [-0.1, -0.05) is 105 Å². The lowest BCUT2D eigenvalue weighted by molar-refractivity contribution is 0.102. The highest BCUT2D eigenvalue weighted by molar-refractivity contribution is 6.30. The van der Waals surface area contributed by atoms with E-state index in [1.807, 2.05) is 18.2 Å². The lowest BCUT2D eigenvalue weighted by Crippen LogP contribution is -2.34. The molecule has 0 aromatic heterocycles. The highest BCUT2D eigenvalue weighted by Gasteiger charge is 2.26. The fraction of sp³-hybridized carbons (Fsp3) is 0.450. The van der Waals surface area contributed by atoms with Crippen LogP contribution in [0.5, 0.6) is 0 Å². The third-order valence-electron chi connectivity index (χ3n) is 9.02. The second kappa shape index (κ2) is 17.6. The molecule has 0 fully saturated rings. The fourth-order valence-electron chi connectivity index (χ4n) is 6.46. The molecular formula is C40H54ClN3O. The Morgan fingerprint density at radius 2 is 1.71 bits per heavy atom. The number of halogens is 1. The standard InChI is InChI=1S/C40H54ClN3O/c1-5-7-8-24-43(23-6-2)29-37(45)11-9-10-32-16-18-34(19-17-32)40-27-35(38-28-36(41)20-21-39(38)42)22-25-44(40)31(4)26-33-14-12-30(3)13-15-33/h12-21,27-28,37,40,45H,4-11,22-26,29,42H2,1-3H3.